The summed E-state index contributed by atoms with van der Waals surface area (Å²) in [5.41, 5.74) is 0.620. The Labute approximate surface area is 648 Å². The fourth-order valence-corrected chi connectivity index (χ4v) is 14.6. The predicted molar refractivity (Wildman–Crippen MR) is 397 cm³/mol. The number of furan rings is 1. The van der Waals surface area contributed by atoms with E-state index in [1.165, 1.54) is 56.1 Å². The van der Waals surface area contributed by atoms with Crippen molar-refractivity contribution in [1.29, 1.82) is 0 Å². The summed E-state index contributed by atoms with van der Waals surface area (Å²) < 4.78 is 150. The summed E-state index contributed by atoms with van der Waals surface area (Å²) in [6.07, 6.45) is 3.73. The Morgan fingerprint density at radius 3 is 1.70 bits per heavy atom. The molecule has 0 spiro atoms. The molecule has 0 aliphatic carbocycles. The molecule has 0 saturated carbocycles. The number of para-hydroxylation sites is 1. The summed E-state index contributed by atoms with van der Waals surface area (Å²) in [6.45, 7) is 10.2. The third kappa shape index (κ3) is 30.1. The zero-order chi connectivity index (χ0) is 82.4. The number of nitrogens with zero attached hydrogens (tertiary/aromatic N) is 5. The summed E-state index contributed by atoms with van der Waals surface area (Å²) in [5.74, 6) is -3.67. The number of carboxylic acids is 3. The number of aromatic nitrogens is 4. The number of rotatable bonds is 24. The van der Waals surface area contributed by atoms with Crippen molar-refractivity contribution in [3.8, 4) is 17.2 Å². The van der Waals surface area contributed by atoms with Crippen molar-refractivity contribution >= 4 is 193 Å². The van der Waals surface area contributed by atoms with Gasteiger partial charge >= 0.3 is 17.9 Å². The lowest BCUT2D eigenvalue weighted by molar-refractivity contribution is -0.139. The van der Waals surface area contributed by atoms with E-state index in [4.69, 9.17) is 113 Å². The first-order valence-corrected chi connectivity index (χ1v) is 41.7. The van der Waals surface area contributed by atoms with Crippen molar-refractivity contribution in [2.24, 2.45) is 42.9 Å². The highest BCUT2D eigenvalue weighted by Crippen LogP contribution is 2.39. The van der Waals surface area contributed by atoms with Crippen LogP contribution >= 0.6 is 80.7 Å². The van der Waals surface area contributed by atoms with E-state index in [0.717, 1.165) is 48.4 Å². The number of Topliss-reactive ketones (excluding diaryl/α,β-unsaturated/α-hetero) is 1. The lowest BCUT2D eigenvalue weighted by Gasteiger charge is -2.17. The molecule has 0 aliphatic rings. The first kappa shape index (κ1) is 93.6. The van der Waals surface area contributed by atoms with E-state index in [9.17, 15) is 84.4 Å². The maximum absolute atomic E-state index is 12.0. The van der Waals surface area contributed by atoms with Gasteiger partial charge in [-0.05, 0) is 91.2 Å². The largest absolute Gasteiger partial charge is 0.480 e. The molecule has 0 radical (unpaired) electrons. The number of carbonyl (C=O) groups is 6. The molecule has 588 valence electrons. The number of carboxylic acid groups (broad SMARTS) is 3. The van der Waals surface area contributed by atoms with Crippen LogP contribution in [0.1, 0.15) is 83.8 Å². The van der Waals surface area contributed by atoms with E-state index >= 15 is 0 Å². The van der Waals surface area contributed by atoms with Gasteiger partial charge in [0.2, 0.25) is 70.5 Å². The zero-order valence-corrected chi connectivity index (χ0v) is 66.3. The summed E-state index contributed by atoms with van der Waals surface area (Å²) in [5, 5.41) is 74.3. The maximum atomic E-state index is 12.0. The third-order valence-electron chi connectivity index (χ3n) is 12.2. The molecule has 2 amide bonds. The molecule has 0 saturated heterocycles. The van der Waals surface area contributed by atoms with Crippen molar-refractivity contribution in [3.05, 3.63) is 162 Å². The molecule has 3 heterocycles. The number of nitrogens with one attached hydrogen (secondary N) is 3. The molecule has 0 aliphatic heterocycles. The van der Waals surface area contributed by atoms with Gasteiger partial charge < -0.3 is 45.2 Å². The second-order valence-electron chi connectivity index (χ2n) is 20.6. The number of aryl methyl sites for hydroxylation is 1. The number of ketones is 1. The number of hydrogen-bond acceptors (Lipinski definition) is 28. The Balaban J connectivity index is 0.000000341. The van der Waals surface area contributed by atoms with Crippen LogP contribution in [-0.2, 0) is 88.1 Å². The maximum Gasteiger partial charge on any atom is 0.341 e. The summed E-state index contributed by atoms with van der Waals surface area (Å²) in [7, 11) is -22.7. The minimum atomic E-state index is -4.19. The van der Waals surface area contributed by atoms with Crippen LogP contribution in [0.2, 0.25) is 25.1 Å². The van der Waals surface area contributed by atoms with Gasteiger partial charge in [-0.3, -0.25) is 14.4 Å². The van der Waals surface area contributed by atoms with Crippen molar-refractivity contribution in [3.63, 3.8) is 0 Å². The van der Waals surface area contributed by atoms with E-state index in [1.807, 2.05) is 6.92 Å². The molecule has 0 fully saturated rings. The van der Waals surface area contributed by atoms with E-state index < -0.39 is 105 Å². The van der Waals surface area contributed by atoms with Gasteiger partial charge in [-0.1, -0.05) is 126 Å². The molecule has 0 bridgehead atoms. The number of nitrogens with two attached hydrogens (primary N) is 6. The molecule has 8 rings (SSSR count). The van der Waals surface area contributed by atoms with Crippen molar-refractivity contribution in [2.75, 3.05) is 29.1 Å². The molecule has 0 atom stereocenters. The highest BCUT2D eigenvalue weighted by molar-refractivity contribution is 7.92. The lowest BCUT2D eigenvalue weighted by Crippen LogP contribution is -2.16. The number of halogens is 5. The predicted octanol–water partition coefficient (Wildman–Crippen LogP) is 6.54. The van der Waals surface area contributed by atoms with Crippen LogP contribution in [0.15, 0.2) is 147 Å². The Morgan fingerprint density at radius 2 is 1.23 bits per heavy atom. The Kier molecular flexibility index (Phi) is 35.3. The normalized spacial score (nSPS) is 11.5. The monoisotopic (exact) mass is 1760 g/mol. The zero-order valence-electron chi connectivity index (χ0n) is 56.0. The fraction of sp³-hybridized carbons (Fsp3) is 0.193. The number of unbranched alkanes of at least 4 members (excludes halogenated alkanes) is 1. The quantitative estimate of drug-likeness (QED) is 0.0132. The number of allylic oxidation sites excluding steroid dienone is 1. The summed E-state index contributed by atoms with van der Waals surface area (Å²) in [6, 6.07) is 21.0. The van der Waals surface area contributed by atoms with Gasteiger partial charge in [0.15, 0.2) is 18.1 Å². The molecule has 5 aromatic carbocycles. The molecule has 0 unspecified atom stereocenters. The SMILES string of the molecule is C=C(CC)C(=O)c1ccc(OCC(=O)O)c(Cl)c1Cl.CC(=O)N=c1sc(S(N)(=O)=O)nn1C.CC(=O)Nc1nnc(S(N)(=O)=O)s1.CCCCNc1cc(C(=O)O)cc(S(N)(=O)=O)c1Oc1ccccc1.NS(=O)(=O)c1cc(C(=O)O)c(NCc2ccco2)cc1Cl.NS(=O)(=O)c1cc(Cl)c(Cl)c(S(N)(=O)=O)c1. The number of ether oxygens (including phenoxy) is 2. The number of sulfonamides is 6. The van der Waals surface area contributed by atoms with E-state index in [-0.39, 0.29) is 106 Å². The fourth-order valence-electron chi connectivity index (χ4n) is 7.29. The van der Waals surface area contributed by atoms with E-state index in [0.29, 0.717) is 41.4 Å². The topological polar surface area (TPSA) is 648 Å². The summed E-state index contributed by atoms with van der Waals surface area (Å²) in [4.78, 5) is 67.9. The lowest BCUT2D eigenvalue weighted by atomic mass is 10.0. The van der Waals surface area contributed by atoms with Crippen LogP contribution in [0.5, 0.6) is 17.2 Å². The highest BCUT2D eigenvalue weighted by Gasteiger charge is 2.26. The smallest absolute Gasteiger partial charge is 0.341 e. The summed E-state index contributed by atoms with van der Waals surface area (Å²) >= 11 is 30.3. The molecule has 8 aromatic rings. The van der Waals surface area contributed by atoms with Gasteiger partial charge in [0.1, 0.15) is 37.0 Å². The van der Waals surface area contributed by atoms with Gasteiger partial charge in [-0.15, -0.1) is 15.3 Å². The first-order valence-electron chi connectivity index (χ1n) is 28.9. The minimum absolute atomic E-state index is 0.0117. The number of carbonyl (C=O) groups excluding carboxylic acids is 3. The first-order chi connectivity index (χ1) is 49.7. The average Bonchev–Trinajstić information content (AvgIpc) is 1.36. The van der Waals surface area contributed by atoms with Gasteiger partial charge in [0, 0.05) is 33.0 Å². The van der Waals surface area contributed by atoms with Gasteiger partial charge in [-0.2, -0.15) is 4.99 Å². The van der Waals surface area contributed by atoms with Crippen molar-refractivity contribution in [2.45, 2.75) is 81.8 Å². The molecule has 3 aromatic heterocycles. The number of hydrogen-bond donors (Lipinski definition) is 12. The Hall–Kier alpha value is -8.63. The number of aliphatic carboxylic acids is 1. The minimum Gasteiger partial charge on any atom is -0.480 e. The Morgan fingerprint density at radius 1 is 0.630 bits per heavy atom. The molecule has 38 nitrogen and oxygen atoms in total. The molecule has 51 heteroatoms. The molecule has 108 heavy (non-hydrogen) atoms. The highest BCUT2D eigenvalue weighted by atomic mass is 35.5. The number of anilines is 3. The van der Waals surface area contributed by atoms with Crippen LogP contribution in [-0.4, -0.2) is 134 Å². The number of amides is 2. The van der Waals surface area contributed by atoms with E-state index in [2.05, 4.69) is 42.8 Å². The number of primary sulfonamides is 6. The van der Waals surface area contributed by atoms with Gasteiger partial charge in [0.05, 0.1) is 60.3 Å². The van der Waals surface area contributed by atoms with E-state index in [1.54, 1.807) is 49.4 Å². The van der Waals surface area contributed by atoms with Gasteiger partial charge in [0.25, 0.3) is 20.0 Å². The average molecular weight is 1760 g/mol. The van der Waals surface area contributed by atoms with Crippen LogP contribution < -0.4 is 61.1 Å². The van der Waals surface area contributed by atoms with Crippen molar-refractivity contribution in [1.82, 2.24) is 20.0 Å². The van der Waals surface area contributed by atoms with Gasteiger partial charge in [-0.25, -0.2) is 100 Å². The second-order valence-corrected chi connectivity index (χ2v) is 34.1. The van der Waals surface area contributed by atoms with Crippen LogP contribution in [0, 0.1) is 0 Å². The van der Waals surface area contributed by atoms with Crippen LogP contribution in [0.4, 0.5) is 16.5 Å². The number of benzene rings is 5. The molecular formula is C57H63Cl5N14O24S8. The number of aromatic carboxylic acids is 2. The molecule has 18 N–H and O–H groups in total. The third-order valence-corrected chi connectivity index (χ3v) is 22.5. The molecular weight excluding hydrogens is 1700 g/mol. The van der Waals surface area contributed by atoms with Crippen LogP contribution in [0.25, 0.3) is 0 Å². The Bertz CT molecular complexity index is 5480. The van der Waals surface area contributed by atoms with Crippen molar-refractivity contribution < 1.29 is 108 Å². The standard InChI is InChI=1S/C17H20N2O5S.C13H12Cl2O4.C12H11ClN2O5S.C6H6Cl2N2O4S2.C5H8N4O3S2.C4H6N4O3S2/c1-2-3-9-19-14-10-12(17(20)21)11-15(25(18,22)23)16(14)24-13-7-5-4-6-8-13;1-3-7(2)13(18)8-4-5-9(12(15)11(8)14)19-6-10(16)17;13-9-5-10(15-6-7-2-1-3-20-7)8(12(16)17)4-11(9)21(14,18)19;7-4-1-3(15(9,11)12)2-5(6(4)8)16(10,13)14;1-3(10)7-4-9(2)8-5(13-4)14(6,11)12;1-2(9)6-3-7-8-4(12-3)13(5,10)11/h4-8,10-11,19H,2-3,9H2,1H3,(H,20,21)(H2,18,22,23);4-5H,2-3,6H2,1H3,(H,16,17);1-5,15H,6H2,(H,16,17)(H2,14,18,19);1-2H,(H2,9,11,12)(H2,10,13,14);1-2H3,(H2,6,11,12);1H3,(H2,5,10,11)(H,6,7,9). The second kappa shape index (κ2) is 40.7. The van der Waals surface area contributed by atoms with Crippen LogP contribution in [0.3, 0.4) is 0 Å².